The zero-order chi connectivity index (χ0) is 23.9. The lowest BCUT2D eigenvalue weighted by atomic mass is 9.66. The van der Waals surface area contributed by atoms with Gasteiger partial charge in [-0.2, -0.15) is 0 Å². The van der Waals surface area contributed by atoms with Crippen LogP contribution < -0.4 is 4.90 Å². The first kappa shape index (κ1) is 23.2. The molecule has 0 saturated carbocycles. The molecule has 3 nitrogen and oxygen atoms in total. The van der Waals surface area contributed by atoms with Gasteiger partial charge in [0.15, 0.2) is 8.24 Å². The van der Waals surface area contributed by atoms with Crippen LogP contribution in [-0.2, 0) is 0 Å². The summed E-state index contributed by atoms with van der Waals surface area (Å²) in [5, 5.41) is 0. The largest absolute Gasteiger partial charge is 0.311 e. The van der Waals surface area contributed by atoms with E-state index in [0.717, 1.165) is 28.6 Å². The van der Waals surface area contributed by atoms with Gasteiger partial charge in [-0.25, -0.2) is 4.99 Å². The molecule has 0 saturated heterocycles. The Balaban J connectivity index is 1.76. The summed E-state index contributed by atoms with van der Waals surface area (Å²) in [6.07, 6.45) is 0. The van der Waals surface area contributed by atoms with Gasteiger partial charge in [0.25, 0.3) is 0 Å². The SMILES string of the molecule is CC1(C)C(c2ccc(N(c3ccccc3)c3ccccc3)cc2)=N/C(=N\[Si](C)(C)C)C1(C)C. The molecule has 0 N–H and O–H groups in total. The fourth-order valence-electron chi connectivity index (χ4n) is 4.24. The molecule has 1 aliphatic heterocycles. The molecule has 0 atom stereocenters. The van der Waals surface area contributed by atoms with Crippen LogP contribution in [0.2, 0.25) is 19.6 Å². The third-order valence-electron chi connectivity index (χ3n) is 6.80. The molecule has 1 heterocycles. The van der Waals surface area contributed by atoms with Crippen molar-refractivity contribution in [3.05, 3.63) is 90.5 Å². The minimum absolute atomic E-state index is 0.106. The van der Waals surface area contributed by atoms with Gasteiger partial charge < -0.3 is 9.56 Å². The summed E-state index contributed by atoms with van der Waals surface area (Å²) in [6, 6.07) is 29.8. The van der Waals surface area contributed by atoms with E-state index in [4.69, 9.17) is 9.65 Å². The summed E-state index contributed by atoms with van der Waals surface area (Å²) in [7, 11) is -1.63. The minimum Gasteiger partial charge on any atom is -0.311 e. The van der Waals surface area contributed by atoms with Gasteiger partial charge in [-0.15, -0.1) is 0 Å². The van der Waals surface area contributed by atoms with Crippen LogP contribution in [0.25, 0.3) is 0 Å². The summed E-state index contributed by atoms with van der Waals surface area (Å²) in [6.45, 7) is 16.0. The topological polar surface area (TPSA) is 28.0 Å². The molecular formula is C29H35N3Si. The summed E-state index contributed by atoms with van der Waals surface area (Å²) in [4.78, 5) is 7.41. The molecule has 0 aliphatic carbocycles. The van der Waals surface area contributed by atoms with E-state index in [-0.39, 0.29) is 10.8 Å². The molecule has 4 rings (SSSR count). The number of nitrogens with zero attached hydrogens (tertiary/aromatic N) is 3. The predicted molar refractivity (Wildman–Crippen MR) is 146 cm³/mol. The third-order valence-corrected chi connectivity index (χ3v) is 7.68. The minimum atomic E-state index is -1.63. The molecule has 3 aromatic rings. The van der Waals surface area contributed by atoms with Crippen LogP contribution in [0.3, 0.4) is 0 Å². The molecular weight excluding hydrogens is 418 g/mol. The second-order valence-electron chi connectivity index (χ2n) is 10.9. The number of amidine groups is 1. The Labute approximate surface area is 200 Å². The maximum absolute atomic E-state index is 5.13. The Bertz CT molecular complexity index is 1130. The number of rotatable bonds is 5. The van der Waals surface area contributed by atoms with Crippen LogP contribution >= 0.6 is 0 Å². The van der Waals surface area contributed by atoms with Crippen LogP contribution in [0.5, 0.6) is 0 Å². The summed E-state index contributed by atoms with van der Waals surface area (Å²) < 4.78 is 5.12. The molecule has 170 valence electrons. The predicted octanol–water partition coefficient (Wildman–Crippen LogP) is 8.24. The average Bonchev–Trinajstić information content (AvgIpc) is 2.94. The lowest BCUT2D eigenvalue weighted by Crippen LogP contribution is -2.39. The lowest BCUT2D eigenvalue weighted by molar-refractivity contribution is 0.299. The molecule has 0 bridgehead atoms. The van der Waals surface area contributed by atoms with E-state index in [9.17, 15) is 0 Å². The first-order valence-corrected chi connectivity index (χ1v) is 15.2. The quantitative estimate of drug-likeness (QED) is 0.357. The van der Waals surface area contributed by atoms with Crippen LogP contribution in [0.1, 0.15) is 33.3 Å². The van der Waals surface area contributed by atoms with Gasteiger partial charge in [0, 0.05) is 27.9 Å². The van der Waals surface area contributed by atoms with Crippen LogP contribution in [0.15, 0.2) is 94.6 Å². The highest BCUT2D eigenvalue weighted by Gasteiger charge is 2.50. The number of anilines is 3. The number of benzene rings is 3. The number of hydrogen-bond acceptors (Lipinski definition) is 2. The van der Waals surface area contributed by atoms with E-state index in [1.807, 2.05) is 0 Å². The van der Waals surface area contributed by atoms with Crippen molar-refractivity contribution in [1.29, 1.82) is 0 Å². The second-order valence-corrected chi connectivity index (χ2v) is 15.4. The van der Waals surface area contributed by atoms with Gasteiger partial charge in [-0.1, -0.05) is 76.2 Å². The Kier molecular flexibility index (Phi) is 5.91. The van der Waals surface area contributed by atoms with E-state index in [1.54, 1.807) is 0 Å². The number of hydrogen-bond donors (Lipinski definition) is 0. The van der Waals surface area contributed by atoms with E-state index in [0.29, 0.717) is 0 Å². The number of para-hydroxylation sites is 2. The van der Waals surface area contributed by atoms with Gasteiger partial charge in [0.2, 0.25) is 0 Å². The molecule has 0 unspecified atom stereocenters. The van der Waals surface area contributed by atoms with Crippen molar-refractivity contribution in [1.82, 2.24) is 0 Å². The van der Waals surface area contributed by atoms with Crippen molar-refractivity contribution in [2.75, 3.05) is 4.90 Å². The van der Waals surface area contributed by atoms with Crippen LogP contribution in [-0.4, -0.2) is 19.8 Å². The van der Waals surface area contributed by atoms with Crippen molar-refractivity contribution in [2.45, 2.75) is 47.3 Å². The standard InChI is InChI=1S/C29H35N3Si/c1-28(2)26(30-27(29(28,3)4)31-33(5,6)7)22-18-20-25(21-19-22)32(23-14-10-8-11-15-23)24-16-12-9-13-17-24/h8-21H,1-7H3/b31-27-. The van der Waals surface area contributed by atoms with E-state index < -0.39 is 8.24 Å². The summed E-state index contributed by atoms with van der Waals surface area (Å²) >= 11 is 0. The van der Waals surface area contributed by atoms with Gasteiger partial charge >= 0.3 is 0 Å². The van der Waals surface area contributed by atoms with Gasteiger partial charge in [0.1, 0.15) is 5.84 Å². The smallest absolute Gasteiger partial charge is 0.174 e. The van der Waals surface area contributed by atoms with Crippen molar-refractivity contribution >= 4 is 36.8 Å². The van der Waals surface area contributed by atoms with Gasteiger partial charge in [0.05, 0.1) is 5.71 Å². The zero-order valence-corrected chi connectivity index (χ0v) is 21.9. The van der Waals surface area contributed by atoms with E-state index in [2.05, 4.69) is 137 Å². The Morgan fingerprint density at radius 1 is 0.636 bits per heavy atom. The average molecular weight is 454 g/mol. The highest BCUT2D eigenvalue weighted by Crippen LogP contribution is 2.48. The second kappa shape index (κ2) is 8.42. The van der Waals surface area contributed by atoms with Crippen LogP contribution in [0.4, 0.5) is 17.1 Å². The highest BCUT2D eigenvalue weighted by atomic mass is 28.3. The van der Waals surface area contributed by atoms with Crippen molar-refractivity contribution in [3.8, 4) is 0 Å². The number of aliphatic imine (C=N–C) groups is 1. The third kappa shape index (κ3) is 4.45. The molecule has 33 heavy (non-hydrogen) atoms. The molecule has 0 spiro atoms. The molecule has 0 amide bonds. The Morgan fingerprint density at radius 2 is 1.09 bits per heavy atom. The molecule has 0 fully saturated rings. The van der Waals surface area contributed by atoms with E-state index >= 15 is 0 Å². The highest BCUT2D eigenvalue weighted by molar-refractivity contribution is 6.75. The van der Waals surface area contributed by atoms with Crippen molar-refractivity contribution < 1.29 is 0 Å². The maximum atomic E-state index is 5.13. The fourth-order valence-corrected chi connectivity index (χ4v) is 5.20. The van der Waals surface area contributed by atoms with E-state index in [1.165, 1.54) is 5.56 Å². The summed E-state index contributed by atoms with van der Waals surface area (Å²) in [5.41, 5.74) is 5.48. The molecule has 4 heteroatoms. The molecule has 1 aliphatic rings. The normalized spacial score (nSPS) is 18.3. The molecule has 3 aromatic carbocycles. The van der Waals surface area contributed by atoms with Gasteiger partial charge in [-0.3, -0.25) is 0 Å². The van der Waals surface area contributed by atoms with Crippen LogP contribution in [0, 0.1) is 10.8 Å². The van der Waals surface area contributed by atoms with Gasteiger partial charge in [-0.05, 0) is 61.6 Å². The Hall–Kier alpha value is -2.98. The zero-order valence-electron chi connectivity index (χ0n) is 20.9. The monoisotopic (exact) mass is 453 g/mol. The van der Waals surface area contributed by atoms with Crippen molar-refractivity contribution in [3.63, 3.8) is 0 Å². The Morgan fingerprint density at radius 3 is 1.55 bits per heavy atom. The fraction of sp³-hybridized carbons (Fsp3) is 0.310. The maximum Gasteiger partial charge on any atom is 0.174 e. The summed E-state index contributed by atoms with van der Waals surface area (Å²) in [5.74, 6) is 1.00. The van der Waals surface area contributed by atoms with Crippen molar-refractivity contribution in [2.24, 2.45) is 20.5 Å². The first-order valence-electron chi connectivity index (χ1n) is 11.7. The first-order chi connectivity index (χ1) is 15.5. The molecule has 0 radical (unpaired) electrons. The lowest BCUT2D eigenvalue weighted by Gasteiger charge is -2.36. The molecule has 0 aromatic heterocycles.